The highest BCUT2D eigenvalue weighted by molar-refractivity contribution is 9.10. The summed E-state index contributed by atoms with van der Waals surface area (Å²) in [5, 5.41) is 0. The highest BCUT2D eigenvalue weighted by Gasteiger charge is 2.41. The summed E-state index contributed by atoms with van der Waals surface area (Å²) in [5.41, 5.74) is 0.487. The molecule has 0 bridgehead atoms. The van der Waals surface area contributed by atoms with Crippen molar-refractivity contribution in [3.63, 3.8) is 0 Å². The van der Waals surface area contributed by atoms with Crippen LogP contribution in [0, 0.1) is 11.2 Å². The lowest BCUT2D eigenvalue weighted by molar-refractivity contribution is -0.141. The first-order valence-electron chi connectivity index (χ1n) is 12.1. The molecule has 2 amide bonds. The van der Waals surface area contributed by atoms with Crippen LogP contribution in [0.15, 0.2) is 53.0 Å². The van der Waals surface area contributed by atoms with Crippen molar-refractivity contribution >= 4 is 27.7 Å². The molecule has 1 atom stereocenters. The van der Waals surface area contributed by atoms with E-state index in [1.807, 2.05) is 34.1 Å². The molecule has 0 saturated carbocycles. The number of benzene rings is 2. The molecule has 2 aromatic rings. The second-order valence-corrected chi connectivity index (χ2v) is 10.4. The summed E-state index contributed by atoms with van der Waals surface area (Å²) in [5.74, 6) is 0.456. The lowest BCUT2D eigenvalue weighted by Crippen LogP contribution is -2.51. The molecule has 0 aromatic heterocycles. The molecule has 2 aliphatic rings. The van der Waals surface area contributed by atoms with Gasteiger partial charge in [-0.1, -0.05) is 34.1 Å². The van der Waals surface area contributed by atoms with Crippen molar-refractivity contribution in [3.05, 3.63) is 64.4 Å². The normalized spacial score (nSPS) is 20.8. The molecule has 2 heterocycles. The van der Waals surface area contributed by atoms with Crippen LogP contribution in [0.3, 0.4) is 0 Å². The van der Waals surface area contributed by atoms with Crippen molar-refractivity contribution in [1.29, 1.82) is 0 Å². The molecule has 4 rings (SSSR count). The zero-order valence-electron chi connectivity index (χ0n) is 19.5. The molecule has 2 aliphatic heterocycles. The van der Waals surface area contributed by atoms with Gasteiger partial charge < -0.3 is 14.5 Å². The van der Waals surface area contributed by atoms with E-state index in [0.717, 1.165) is 48.8 Å². The largest absolute Gasteiger partial charge is 0.493 e. The standard InChI is InChI=1S/C27H32BrFN2O3/c28-24-8-3-2-7-21(24)17-25(32)31-16-6-13-27(19-31,18-26(33)30-14-4-1-5-15-30)20-34-23-11-9-22(29)10-12-23/h2-3,7-12H,1,4-6,13-20H2. The third-order valence-electron chi connectivity index (χ3n) is 6.91. The van der Waals surface area contributed by atoms with E-state index in [9.17, 15) is 14.0 Å². The third kappa shape index (κ3) is 6.38. The first kappa shape index (κ1) is 24.7. The second-order valence-electron chi connectivity index (χ2n) is 9.55. The third-order valence-corrected chi connectivity index (χ3v) is 7.68. The van der Waals surface area contributed by atoms with E-state index in [4.69, 9.17) is 4.74 Å². The quantitative estimate of drug-likeness (QED) is 0.493. The van der Waals surface area contributed by atoms with E-state index in [1.54, 1.807) is 12.1 Å². The van der Waals surface area contributed by atoms with Crippen molar-refractivity contribution in [2.75, 3.05) is 32.8 Å². The van der Waals surface area contributed by atoms with Gasteiger partial charge in [0.1, 0.15) is 11.6 Å². The number of carbonyl (C=O) groups excluding carboxylic acids is 2. The summed E-state index contributed by atoms with van der Waals surface area (Å²) in [4.78, 5) is 30.3. The number of rotatable bonds is 7. The van der Waals surface area contributed by atoms with Crippen LogP contribution >= 0.6 is 15.9 Å². The van der Waals surface area contributed by atoms with E-state index in [-0.39, 0.29) is 17.6 Å². The molecular weight excluding hydrogens is 499 g/mol. The molecule has 2 fully saturated rings. The van der Waals surface area contributed by atoms with Crippen molar-refractivity contribution in [2.45, 2.75) is 44.9 Å². The molecule has 34 heavy (non-hydrogen) atoms. The van der Waals surface area contributed by atoms with Crippen LogP contribution in [0.5, 0.6) is 5.75 Å². The van der Waals surface area contributed by atoms with E-state index < -0.39 is 5.41 Å². The molecule has 5 nitrogen and oxygen atoms in total. The molecule has 7 heteroatoms. The van der Waals surface area contributed by atoms with Crippen molar-refractivity contribution in [2.24, 2.45) is 5.41 Å². The monoisotopic (exact) mass is 530 g/mol. The average molecular weight is 531 g/mol. The van der Waals surface area contributed by atoms with Gasteiger partial charge in [-0.2, -0.15) is 0 Å². The first-order chi connectivity index (χ1) is 16.4. The van der Waals surface area contributed by atoms with Crippen molar-refractivity contribution in [1.82, 2.24) is 9.80 Å². The predicted octanol–water partition coefficient (Wildman–Crippen LogP) is 5.22. The van der Waals surface area contributed by atoms with Crippen LogP contribution in [0.25, 0.3) is 0 Å². The molecule has 0 radical (unpaired) electrons. The minimum atomic E-state index is -0.468. The van der Waals surface area contributed by atoms with Gasteiger partial charge in [-0.15, -0.1) is 0 Å². The fourth-order valence-corrected chi connectivity index (χ4v) is 5.42. The highest BCUT2D eigenvalue weighted by Crippen LogP contribution is 2.36. The Morgan fingerprint density at radius 3 is 2.35 bits per heavy atom. The molecule has 182 valence electrons. The molecule has 0 aliphatic carbocycles. The van der Waals surface area contributed by atoms with Gasteiger partial charge in [0.2, 0.25) is 11.8 Å². The first-order valence-corrected chi connectivity index (χ1v) is 12.9. The Labute approximate surface area is 209 Å². The number of hydrogen-bond acceptors (Lipinski definition) is 3. The Bertz CT molecular complexity index is 994. The lowest BCUT2D eigenvalue weighted by atomic mass is 9.77. The lowest BCUT2D eigenvalue weighted by Gasteiger charge is -2.43. The van der Waals surface area contributed by atoms with Gasteiger partial charge in [0.05, 0.1) is 13.0 Å². The zero-order chi connectivity index (χ0) is 24.0. The summed E-state index contributed by atoms with van der Waals surface area (Å²) >= 11 is 3.54. The highest BCUT2D eigenvalue weighted by atomic mass is 79.9. The molecule has 2 aromatic carbocycles. The SMILES string of the molecule is O=C(CC1(COc2ccc(F)cc2)CCCN(C(=O)Cc2ccccc2Br)C1)N1CCCCC1. The van der Waals surface area contributed by atoms with Crippen LogP contribution in [0.4, 0.5) is 4.39 Å². The molecule has 2 saturated heterocycles. The van der Waals surface area contributed by atoms with E-state index >= 15 is 0 Å². The Hall–Kier alpha value is -2.41. The van der Waals surface area contributed by atoms with Crippen molar-refractivity contribution < 1.29 is 18.7 Å². The Balaban J connectivity index is 1.49. The molecular formula is C27H32BrFN2O3. The summed E-state index contributed by atoms with van der Waals surface area (Å²) < 4.78 is 20.3. The average Bonchev–Trinajstić information content (AvgIpc) is 2.86. The zero-order valence-corrected chi connectivity index (χ0v) is 21.1. The number of nitrogens with zero attached hydrogens (tertiary/aromatic N) is 2. The summed E-state index contributed by atoms with van der Waals surface area (Å²) in [7, 11) is 0. The van der Waals surface area contributed by atoms with Crippen LogP contribution < -0.4 is 4.74 Å². The number of piperidine rings is 2. The van der Waals surface area contributed by atoms with Crippen molar-refractivity contribution in [3.8, 4) is 5.75 Å². The fourth-order valence-electron chi connectivity index (χ4n) is 4.99. The maximum atomic E-state index is 13.3. The summed E-state index contributed by atoms with van der Waals surface area (Å²) in [6, 6.07) is 13.7. The minimum Gasteiger partial charge on any atom is -0.493 e. The van der Waals surface area contributed by atoms with E-state index in [1.165, 1.54) is 18.6 Å². The second kappa shape index (κ2) is 11.3. The molecule has 1 unspecified atom stereocenters. The van der Waals surface area contributed by atoms with Gasteiger partial charge in [-0.25, -0.2) is 4.39 Å². The topological polar surface area (TPSA) is 49.9 Å². The number of halogens is 2. The van der Waals surface area contributed by atoms with Crippen LogP contribution in [0.1, 0.15) is 44.1 Å². The van der Waals surface area contributed by atoms with Gasteiger partial charge in [-0.3, -0.25) is 9.59 Å². The minimum absolute atomic E-state index is 0.0585. The van der Waals surface area contributed by atoms with Gasteiger partial charge in [0.15, 0.2) is 0 Å². The Kier molecular flexibility index (Phi) is 8.24. The number of hydrogen-bond donors (Lipinski definition) is 0. The van der Waals surface area contributed by atoms with E-state index in [2.05, 4.69) is 15.9 Å². The molecule has 0 N–H and O–H groups in total. The van der Waals surface area contributed by atoms with Gasteiger partial charge >= 0.3 is 0 Å². The van der Waals surface area contributed by atoms with Crippen LogP contribution in [0.2, 0.25) is 0 Å². The smallest absolute Gasteiger partial charge is 0.227 e. The maximum absolute atomic E-state index is 13.3. The molecule has 0 spiro atoms. The van der Waals surface area contributed by atoms with E-state index in [0.29, 0.717) is 38.3 Å². The van der Waals surface area contributed by atoms with Crippen LogP contribution in [-0.4, -0.2) is 54.4 Å². The Morgan fingerprint density at radius 2 is 1.62 bits per heavy atom. The van der Waals surface area contributed by atoms with Gasteiger partial charge in [-0.05, 0) is 68.0 Å². The number of carbonyl (C=O) groups is 2. The predicted molar refractivity (Wildman–Crippen MR) is 133 cm³/mol. The summed E-state index contributed by atoms with van der Waals surface area (Å²) in [6.45, 7) is 3.09. The maximum Gasteiger partial charge on any atom is 0.227 e. The number of likely N-dealkylation sites (tertiary alicyclic amines) is 2. The Morgan fingerprint density at radius 1 is 0.912 bits per heavy atom. The number of amides is 2. The fraction of sp³-hybridized carbons (Fsp3) is 0.481. The van der Waals surface area contributed by atoms with Gasteiger partial charge in [0.25, 0.3) is 0 Å². The van der Waals surface area contributed by atoms with Gasteiger partial charge in [0, 0.05) is 42.5 Å². The van der Waals surface area contributed by atoms with Crippen LogP contribution in [-0.2, 0) is 16.0 Å². The number of ether oxygens (including phenoxy) is 1. The summed E-state index contributed by atoms with van der Waals surface area (Å²) in [6.07, 6.45) is 5.56.